The van der Waals surface area contributed by atoms with E-state index in [0.717, 1.165) is 41.3 Å². The molecule has 0 saturated heterocycles. The van der Waals surface area contributed by atoms with E-state index in [1.54, 1.807) is 0 Å². The van der Waals surface area contributed by atoms with E-state index in [2.05, 4.69) is 27.7 Å². The number of hydrogen-bond acceptors (Lipinski definition) is 3. The lowest BCUT2D eigenvalue weighted by Gasteiger charge is -2.06. The average Bonchev–Trinajstić information content (AvgIpc) is 2.70. The van der Waals surface area contributed by atoms with Crippen molar-refractivity contribution in [2.75, 3.05) is 12.0 Å². The second kappa shape index (κ2) is 5.74. The molecule has 0 unspecified atom stereocenters. The van der Waals surface area contributed by atoms with Crippen molar-refractivity contribution in [2.45, 2.75) is 25.8 Å². The van der Waals surface area contributed by atoms with Crippen LogP contribution in [0.3, 0.4) is 0 Å². The molecule has 0 aliphatic rings. The summed E-state index contributed by atoms with van der Waals surface area (Å²) in [6, 6.07) is 1.99. The molecule has 0 spiro atoms. The molecule has 0 aromatic carbocycles. The Morgan fingerprint density at radius 3 is 3.00 bits per heavy atom. The van der Waals surface area contributed by atoms with E-state index in [-0.39, 0.29) is 0 Å². The van der Waals surface area contributed by atoms with Crippen LogP contribution in [0.5, 0.6) is 0 Å². The molecule has 0 N–H and O–H groups in total. The minimum atomic E-state index is 0.440. The zero-order valence-electron chi connectivity index (χ0n) is 10.1. The van der Waals surface area contributed by atoms with Gasteiger partial charge in [0.1, 0.15) is 11.3 Å². The van der Waals surface area contributed by atoms with Crippen LogP contribution in [0.25, 0.3) is 11.2 Å². The van der Waals surface area contributed by atoms with Crippen molar-refractivity contribution in [1.82, 2.24) is 14.5 Å². The fourth-order valence-corrected chi connectivity index (χ4v) is 2.51. The molecule has 3 nitrogen and oxygen atoms in total. The van der Waals surface area contributed by atoms with Crippen molar-refractivity contribution in [3.8, 4) is 0 Å². The van der Waals surface area contributed by atoms with Crippen LogP contribution in [0, 0.1) is 6.92 Å². The molecule has 2 aromatic rings. The van der Waals surface area contributed by atoms with Gasteiger partial charge in [-0.1, -0.05) is 0 Å². The summed E-state index contributed by atoms with van der Waals surface area (Å²) in [7, 11) is 0. The van der Waals surface area contributed by atoms with E-state index in [9.17, 15) is 0 Å². The van der Waals surface area contributed by atoms with Crippen molar-refractivity contribution in [1.29, 1.82) is 0 Å². The van der Waals surface area contributed by atoms with Crippen LogP contribution in [0.1, 0.15) is 17.8 Å². The number of hydrogen-bond donors (Lipinski definition) is 0. The number of pyridine rings is 1. The van der Waals surface area contributed by atoms with Gasteiger partial charge in [0, 0.05) is 12.7 Å². The molecule has 0 amide bonds. The second-order valence-electron chi connectivity index (χ2n) is 3.96. The fourth-order valence-electron chi connectivity index (χ4n) is 1.89. The van der Waals surface area contributed by atoms with Crippen LogP contribution < -0.4 is 0 Å². The van der Waals surface area contributed by atoms with Crippen molar-refractivity contribution in [3.05, 3.63) is 23.7 Å². The van der Waals surface area contributed by atoms with Crippen LogP contribution in [-0.4, -0.2) is 26.5 Å². The highest BCUT2D eigenvalue weighted by molar-refractivity contribution is 7.98. The summed E-state index contributed by atoms with van der Waals surface area (Å²) in [5, 5.41) is 0. The maximum absolute atomic E-state index is 5.95. The van der Waals surface area contributed by atoms with Crippen LogP contribution >= 0.6 is 23.4 Å². The van der Waals surface area contributed by atoms with Crippen LogP contribution in [0.4, 0.5) is 0 Å². The third-order valence-corrected chi connectivity index (χ3v) is 3.70. The number of imidazole rings is 1. The lowest BCUT2D eigenvalue weighted by atomic mass is 10.3. The summed E-state index contributed by atoms with van der Waals surface area (Å²) in [5.41, 5.74) is 3.10. The highest BCUT2D eigenvalue weighted by atomic mass is 35.5. The maximum atomic E-state index is 5.95. The Hall–Kier alpha value is -0.740. The molecule has 0 aliphatic carbocycles. The van der Waals surface area contributed by atoms with E-state index in [1.165, 1.54) is 0 Å². The number of halogens is 1. The van der Waals surface area contributed by atoms with Gasteiger partial charge in [0.25, 0.3) is 0 Å². The Kier molecular flexibility index (Phi) is 4.29. The molecule has 0 atom stereocenters. The first-order chi connectivity index (χ1) is 8.27. The topological polar surface area (TPSA) is 30.7 Å². The Bertz CT molecular complexity index is 510. The number of nitrogens with zero attached hydrogens (tertiary/aromatic N) is 3. The first-order valence-corrected chi connectivity index (χ1v) is 7.56. The molecule has 2 rings (SSSR count). The first kappa shape index (κ1) is 12.7. The number of aryl methyl sites for hydroxylation is 2. The summed E-state index contributed by atoms with van der Waals surface area (Å²) in [6.45, 7) is 3.00. The van der Waals surface area contributed by atoms with Crippen LogP contribution in [0.2, 0.25) is 0 Å². The van der Waals surface area contributed by atoms with Gasteiger partial charge in [-0.05, 0) is 37.0 Å². The van der Waals surface area contributed by atoms with Crippen molar-refractivity contribution < 1.29 is 0 Å². The predicted molar refractivity (Wildman–Crippen MR) is 74.8 cm³/mol. The zero-order valence-corrected chi connectivity index (χ0v) is 11.7. The van der Waals surface area contributed by atoms with Crippen LogP contribution in [0.15, 0.2) is 12.3 Å². The molecular formula is C12H16ClN3S. The molecule has 92 valence electrons. The molecule has 17 heavy (non-hydrogen) atoms. The molecule has 2 aromatic heterocycles. The molecule has 5 heteroatoms. The van der Waals surface area contributed by atoms with Crippen LogP contribution in [-0.2, 0) is 12.4 Å². The van der Waals surface area contributed by atoms with Crippen molar-refractivity contribution in [2.24, 2.45) is 0 Å². The van der Waals surface area contributed by atoms with E-state index >= 15 is 0 Å². The normalized spacial score (nSPS) is 11.2. The van der Waals surface area contributed by atoms with Gasteiger partial charge in [-0.3, -0.25) is 0 Å². The third kappa shape index (κ3) is 2.58. The quantitative estimate of drug-likeness (QED) is 0.617. The minimum Gasteiger partial charge on any atom is -0.312 e. The van der Waals surface area contributed by atoms with Gasteiger partial charge in [0.15, 0.2) is 5.65 Å². The minimum absolute atomic E-state index is 0.440. The number of rotatable bonds is 5. The maximum Gasteiger partial charge on any atom is 0.160 e. The lowest BCUT2D eigenvalue weighted by Crippen LogP contribution is -2.04. The number of alkyl halides is 1. The molecule has 0 aliphatic heterocycles. The largest absolute Gasteiger partial charge is 0.312 e. The SMILES string of the molecule is CSCCCn1c(CCl)nc2c(C)ccnc21. The number of fused-ring (bicyclic) bond motifs is 1. The Balaban J connectivity index is 2.40. The van der Waals surface area contributed by atoms with E-state index in [1.807, 2.05) is 24.0 Å². The van der Waals surface area contributed by atoms with E-state index < -0.39 is 0 Å². The molecular weight excluding hydrogens is 254 g/mol. The molecule has 0 bridgehead atoms. The third-order valence-electron chi connectivity index (χ3n) is 2.76. The van der Waals surface area contributed by atoms with Gasteiger partial charge in [-0.15, -0.1) is 11.6 Å². The highest BCUT2D eigenvalue weighted by Gasteiger charge is 2.11. The van der Waals surface area contributed by atoms with Crippen molar-refractivity contribution in [3.63, 3.8) is 0 Å². The standard InChI is InChI=1S/C12H16ClN3S/c1-9-4-5-14-12-11(9)15-10(8-13)16(12)6-3-7-17-2/h4-5H,3,6-8H2,1-2H3. The monoisotopic (exact) mass is 269 g/mol. The summed E-state index contributed by atoms with van der Waals surface area (Å²) in [4.78, 5) is 9.00. The number of aromatic nitrogens is 3. The summed E-state index contributed by atoms with van der Waals surface area (Å²) in [5.74, 6) is 2.51. The van der Waals surface area contributed by atoms with E-state index in [0.29, 0.717) is 5.88 Å². The van der Waals surface area contributed by atoms with Gasteiger partial charge < -0.3 is 4.57 Å². The average molecular weight is 270 g/mol. The van der Waals surface area contributed by atoms with Gasteiger partial charge in [0.2, 0.25) is 0 Å². The Morgan fingerprint density at radius 2 is 2.29 bits per heavy atom. The summed E-state index contributed by atoms with van der Waals surface area (Å²) in [6.07, 6.45) is 5.07. The Labute approximate surface area is 111 Å². The van der Waals surface area contributed by atoms with E-state index in [4.69, 9.17) is 11.6 Å². The fraction of sp³-hybridized carbons (Fsp3) is 0.500. The highest BCUT2D eigenvalue weighted by Crippen LogP contribution is 2.19. The molecule has 2 heterocycles. The van der Waals surface area contributed by atoms with Gasteiger partial charge >= 0.3 is 0 Å². The van der Waals surface area contributed by atoms with Gasteiger partial charge in [-0.2, -0.15) is 11.8 Å². The van der Waals surface area contributed by atoms with Gasteiger partial charge in [-0.25, -0.2) is 9.97 Å². The molecule has 0 fully saturated rings. The molecule has 0 radical (unpaired) electrons. The predicted octanol–water partition coefficient (Wildman–Crippen LogP) is 3.23. The lowest BCUT2D eigenvalue weighted by molar-refractivity contribution is 0.671. The summed E-state index contributed by atoms with van der Waals surface area (Å²) < 4.78 is 2.14. The second-order valence-corrected chi connectivity index (χ2v) is 5.21. The molecule has 0 saturated carbocycles. The summed E-state index contributed by atoms with van der Waals surface area (Å²) >= 11 is 7.81. The van der Waals surface area contributed by atoms with Crippen molar-refractivity contribution >= 4 is 34.5 Å². The smallest absolute Gasteiger partial charge is 0.160 e. The van der Waals surface area contributed by atoms with Gasteiger partial charge in [0.05, 0.1) is 5.88 Å². The Morgan fingerprint density at radius 1 is 1.47 bits per heavy atom. The zero-order chi connectivity index (χ0) is 12.3. The number of thioether (sulfide) groups is 1. The first-order valence-electron chi connectivity index (χ1n) is 5.63.